The van der Waals surface area contributed by atoms with Gasteiger partial charge in [0, 0.05) is 12.7 Å². The van der Waals surface area contributed by atoms with E-state index in [4.69, 9.17) is 4.18 Å². The highest BCUT2D eigenvalue weighted by atomic mass is 32.2. The molecule has 0 heterocycles. The van der Waals surface area contributed by atoms with Crippen LogP contribution in [0.15, 0.2) is 53.4 Å². The Kier molecular flexibility index (Phi) is 3.76. The van der Waals surface area contributed by atoms with E-state index < -0.39 is 10.1 Å². The molecule has 1 N–H and O–H groups in total. The zero-order chi connectivity index (χ0) is 13.9. The molecule has 2 aromatic rings. The first-order valence-electron chi connectivity index (χ1n) is 5.80. The zero-order valence-corrected chi connectivity index (χ0v) is 11.6. The molecule has 0 spiro atoms. The van der Waals surface area contributed by atoms with Crippen LogP contribution in [-0.2, 0) is 10.1 Å². The SMILES string of the molecule is CNc1ccc(S(=O)(=O)Oc2ccc(C)cc2)cc1. The second-order valence-electron chi connectivity index (χ2n) is 4.12. The van der Waals surface area contributed by atoms with Gasteiger partial charge in [0.25, 0.3) is 0 Å². The van der Waals surface area contributed by atoms with Crippen molar-refractivity contribution in [2.75, 3.05) is 12.4 Å². The van der Waals surface area contributed by atoms with Gasteiger partial charge in [-0.25, -0.2) is 0 Å². The van der Waals surface area contributed by atoms with Crippen LogP contribution >= 0.6 is 0 Å². The lowest BCUT2D eigenvalue weighted by atomic mass is 10.2. The average Bonchev–Trinajstić information content (AvgIpc) is 2.41. The van der Waals surface area contributed by atoms with Crippen molar-refractivity contribution in [1.29, 1.82) is 0 Å². The number of nitrogens with one attached hydrogen (secondary N) is 1. The van der Waals surface area contributed by atoms with Crippen LogP contribution in [0, 0.1) is 6.92 Å². The van der Waals surface area contributed by atoms with E-state index in [1.165, 1.54) is 12.1 Å². The lowest BCUT2D eigenvalue weighted by Gasteiger charge is -2.08. The summed E-state index contributed by atoms with van der Waals surface area (Å²) in [5.41, 5.74) is 1.89. The van der Waals surface area contributed by atoms with Crippen LogP contribution in [0.2, 0.25) is 0 Å². The number of hydrogen-bond donors (Lipinski definition) is 1. The van der Waals surface area contributed by atoms with Crippen molar-refractivity contribution in [2.45, 2.75) is 11.8 Å². The summed E-state index contributed by atoms with van der Waals surface area (Å²) in [6.45, 7) is 1.93. The van der Waals surface area contributed by atoms with Crippen molar-refractivity contribution in [1.82, 2.24) is 0 Å². The van der Waals surface area contributed by atoms with Gasteiger partial charge in [0.15, 0.2) is 0 Å². The Labute approximate surface area is 113 Å². The van der Waals surface area contributed by atoms with Gasteiger partial charge in [-0.05, 0) is 43.3 Å². The van der Waals surface area contributed by atoms with E-state index in [1.54, 1.807) is 43.4 Å². The van der Waals surface area contributed by atoms with Crippen molar-refractivity contribution >= 4 is 15.8 Å². The normalized spacial score (nSPS) is 11.1. The number of rotatable bonds is 4. The van der Waals surface area contributed by atoms with Crippen molar-refractivity contribution in [3.05, 3.63) is 54.1 Å². The Balaban J connectivity index is 2.24. The Morgan fingerprint density at radius 2 is 1.53 bits per heavy atom. The molecule has 4 nitrogen and oxygen atoms in total. The summed E-state index contributed by atoms with van der Waals surface area (Å²) in [4.78, 5) is 0.132. The molecule has 0 aliphatic rings. The van der Waals surface area contributed by atoms with Crippen LogP contribution < -0.4 is 9.50 Å². The fourth-order valence-corrected chi connectivity index (χ4v) is 2.49. The van der Waals surface area contributed by atoms with E-state index >= 15 is 0 Å². The molecule has 19 heavy (non-hydrogen) atoms. The Hall–Kier alpha value is -2.01. The Morgan fingerprint density at radius 3 is 2.05 bits per heavy atom. The third-order valence-corrected chi connectivity index (χ3v) is 3.92. The molecule has 0 bridgehead atoms. The van der Waals surface area contributed by atoms with Gasteiger partial charge in [0.2, 0.25) is 0 Å². The minimum atomic E-state index is -3.78. The van der Waals surface area contributed by atoms with Crippen molar-refractivity contribution in [3.63, 3.8) is 0 Å². The van der Waals surface area contributed by atoms with Gasteiger partial charge in [-0.1, -0.05) is 17.7 Å². The van der Waals surface area contributed by atoms with E-state index in [-0.39, 0.29) is 4.90 Å². The van der Waals surface area contributed by atoms with Crippen LogP contribution in [0.25, 0.3) is 0 Å². The van der Waals surface area contributed by atoms with Gasteiger partial charge < -0.3 is 9.50 Å². The van der Waals surface area contributed by atoms with Crippen LogP contribution in [0.3, 0.4) is 0 Å². The van der Waals surface area contributed by atoms with Gasteiger partial charge in [0.05, 0.1) is 0 Å². The molecular weight excluding hydrogens is 262 g/mol. The monoisotopic (exact) mass is 277 g/mol. The summed E-state index contributed by atoms with van der Waals surface area (Å²) in [6.07, 6.45) is 0. The average molecular weight is 277 g/mol. The van der Waals surface area contributed by atoms with Crippen molar-refractivity contribution < 1.29 is 12.6 Å². The Bertz CT molecular complexity index is 646. The first kappa shape index (κ1) is 13.4. The second kappa shape index (κ2) is 5.32. The van der Waals surface area contributed by atoms with E-state index in [9.17, 15) is 8.42 Å². The standard InChI is InChI=1S/C14H15NO3S/c1-11-3-7-13(8-4-11)18-19(16,17)14-9-5-12(15-2)6-10-14/h3-10,15H,1-2H3. The summed E-state index contributed by atoms with van der Waals surface area (Å²) in [6, 6.07) is 13.3. The third kappa shape index (κ3) is 3.26. The second-order valence-corrected chi connectivity index (χ2v) is 5.67. The van der Waals surface area contributed by atoms with E-state index in [1.807, 2.05) is 6.92 Å². The van der Waals surface area contributed by atoms with Gasteiger partial charge in [-0.3, -0.25) is 0 Å². The molecule has 0 aliphatic carbocycles. The van der Waals surface area contributed by atoms with Gasteiger partial charge in [0.1, 0.15) is 10.6 Å². The minimum Gasteiger partial charge on any atom is -0.388 e. The summed E-state index contributed by atoms with van der Waals surface area (Å²) in [5, 5.41) is 2.93. The zero-order valence-electron chi connectivity index (χ0n) is 10.8. The molecule has 0 aromatic heterocycles. The highest BCUT2D eigenvalue weighted by molar-refractivity contribution is 7.87. The van der Waals surface area contributed by atoms with E-state index in [0.29, 0.717) is 5.75 Å². The lowest BCUT2D eigenvalue weighted by molar-refractivity contribution is 0.486. The third-order valence-electron chi connectivity index (χ3n) is 2.66. The first-order valence-corrected chi connectivity index (χ1v) is 7.21. The highest BCUT2D eigenvalue weighted by Crippen LogP contribution is 2.20. The number of hydrogen-bond acceptors (Lipinski definition) is 4. The van der Waals surface area contributed by atoms with Crippen molar-refractivity contribution in [2.24, 2.45) is 0 Å². The van der Waals surface area contributed by atoms with E-state index in [2.05, 4.69) is 5.32 Å². The van der Waals surface area contributed by atoms with Gasteiger partial charge in [-0.15, -0.1) is 0 Å². The lowest BCUT2D eigenvalue weighted by Crippen LogP contribution is -2.09. The van der Waals surface area contributed by atoms with Crippen LogP contribution in [0.5, 0.6) is 5.75 Å². The van der Waals surface area contributed by atoms with Crippen LogP contribution in [-0.4, -0.2) is 15.5 Å². The molecule has 0 radical (unpaired) electrons. The summed E-state index contributed by atoms with van der Waals surface area (Å²) in [5.74, 6) is 0.309. The molecule has 2 aromatic carbocycles. The molecule has 0 amide bonds. The predicted molar refractivity (Wildman–Crippen MR) is 75.0 cm³/mol. The number of anilines is 1. The maximum absolute atomic E-state index is 12.0. The molecule has 0 atom stereocenters. The van der Waals surface area contributed by atoms with Gasteiger partial charge >= 0.3 is 10.1 Å². The number of benzene rings is 2. The molecule has 2 rings (SSSR count). The molecule has 0 saturated carbocycles. The molecule has 0 aliphatic heterocycles. The molecule has 0 saturated heterocycles. The topological polar surface area (TPSA) is 55.4 Å². The molecule has 100 valence electrons. The fourth-order valence-electron chi connectivity index (χ4n) is 1.56. The van der Waals surface area contributed by atoms with Crippen LogP contribution in [0.4, 0.5) is 5.69 Å². The molecular formula is C14H15NO3S. The molecule has 5 heteroatoms. The fraction of sp³-hybridized carbons (Fsp3) is 0.143. The summed E-state index contributed by atoms with van der Waals surface area (Å²) < 4.78 is 29.2. The summed E-state index contributed by atoms with van der Waals surface area (Å²) >= 11 is 0. The molecule has 0 unspecified atom stereocenters. The van der Waals surface area contributed by atoms with Gasteiger partial charge in [-0.2, -0.15) is 8.42 Å². The van der Waals surface area contributed by atoms with E-state index in [0.717, 1.165) is 11.3 Å². The highest BCUT2D eigenvalue weighted by Gasteiger charge is 2.16. The van der Waals surface area contributed by atoms with Crippen LogP contribution in [0.1, 0.15) is 5.56 Å². The number of aryl methyl sites for hydroxylation is 1. The predicted octanol–water partition coefficient (Wildman–Crippen LogP) is 2.80. The largest absolute Gasteiger partial charge is 0.388 e. The smallest absolute Gasteiger partial charge is 0.339 e. The minimum absolute atomic E-state index is 0.132. The maximum atomic E-state index is 12.0. The van der Waals surface area contributed by atoms with Crippen molar-refractivity contribution in [3.8, 4) is 5.75 Å². The summed E-state index contributed by atoms with van der Waals surface area (Å²) in [7, 11) is -2.01. The quantitative estimate of drug-likeness (QED) is 0.873. The molecule has 0 fully saturated rings. The first-order chi connectivity index (χ1) is 9.01. The Morgan fingerprint density at radius 1 is 0.947 bits per heavy atom. The maximum Gasteiger partial charge on any atom is 0.339 e.